The number of allylic oxidation sites excluding steroid dienone is 2. The first-order chi connectivity index (χ1) is 22.5. The molecule has 8 bridgehead atoms. The highest BCUT2D eigenvalue weighted by Gasteiger charge is 2.36. The van der Waals surface area contributed by atoms with Crippen LogP contribution in [0.15, 0.2) is 18.2 Å². The summed E-state index contributed by atoms with van der Waals surface area (Å²) in [6, 6.07) is 6.35. The van der Waals surface area contributed by atoms with Crippen LogP contribution in [0.5, 0.6) is 0 Å². The van der Waals surface area contributed by atoms with E-state index in [9.17, 15) is 14.7 Å². The lowest BCUT2D eigenvalue weighted by Gasteiger charge is -2.16. The number of hydrogen-bond donors (Lipinski definition) is 3. The van der Waals surface area contributed by atoms with Crippen LogP contribution in [0.4, 0.5) is 0 Å². The maximum Gasteiger partial charge on any atom is 0.303 e. The summed E-state index contributed by atoms with van der Waals surface area (Å²) in [5, 5.41) is 9.62. The Morgan fingerprint density at radius 3 is 2.47 bits per heavy atom. The number of ketones is 1. The van der Waals surface area contributed by atoms with E-state index in [1.54, 1.807) is 0 Å². The molecule has 3 aromatic rings. The molecule has 1 aliphatic carbocycles. The minimum absolute atomic E-state index is 0.0205. The number of aromatic amines is 2. The van der Waals surface area contributed by atoms with Gasteiger partial charge in [0.1, 0.15) is 0 Å². The third-order valence-corrected chi connectivity index (χ3v) is 10.6. The average molecular weight is 637 g/mol. The monoisotopic (exact) mass is 636 g/mol. The van der Waals surface area contributed by atoms with Crippen molar-refractivity contribution in [1.82, 2.24) is 19.9 Å². The van der Waals surface area contributed by atoms with Crippen molar-refractivity contribution in [2.75, 3.05) is 6.61 Å². The number of hydrogen-bond acceptors (Lipinski definition) is 5. The fourth-order valence-electron chi connectivity index (χ4n) is 7.84. The van der Waals surface area contributed by atoms with Crippen LogP contribution in [0.25, 0.3) is 33.2 Å². The first kappa shape index (κ1) is 32.9. The van der Waals surface area contributed by atoms with Crippen molar-refractivity contribution in [1.29, 1.82) is 0 Å². The molecule has 0 radical (unpaired) electrons. The number of H-pyrrole nitrogens is 2. The molecule has 2 aliphatic heterocycles. The van der Waals surface area contributed by atoms with E-state index in [0.717, 1.165) is 91.9 Å². The van der Waals surface area contributed by atoms with Crippen molar-refractivity contribution < 1.29 is 19.4 Å². The molecule has 0 saturated carbocycles. The lowest BCUT2D eigenvalue weighted by molar-refractivity contribution is -0.137. The zero-order chi connectivity index (χ0) is 33.6. The van der Waals surface area contributed by atoms with Gasteiger partial charge in [0.25, 0.3) is 0 Å². The number of carboxylic acid groups (broad SMARTS) is 1. The molecule has 8 heteroatoms. The summed E-state index contributed by atoms with van der Waals surface area (Å²) in [5.74, 6) is -0.890. The number of nitrogens with one attached hydrogen (secondary N) is 2. The molecule has 3 aliphatic rings. The van der Waals surface area contributed by atoms with Gasteiger partial charge in [-0.15, -0.1) is 0 Å². The van der Waals surface area contributed by atoms with Crippen molar-refractivity contribution in [3.05, 3.63) is 68.8 Å². The van der Waals surface area contributed by atoms with Crippen molar-refractivity contribution in [2.24, 2.45) is 0 Å². The molecule has 0 spiro atoms. The van der Waals surface area contributed by atoms with E-state index in [2.05, 4.69) is 69.7 Å². The summed E-state index contributed by atoms with van der Waals surface area (Å²) in [5.41, 5.74) is 14.2. The summed E-state index contributed by atoms with van der Waals surface area (Å²) in [4.78, 5) is 42.9. The van der Waals surface area contributed by atoms with Crippen LogP contribution < -0.4 is 0 Å². The third-order valence-electron chi connectivity index (χ3n) is 10.6. The highest BCUT2D eigenvalue weighted by molar-refractivity contribution is 6.13. The Bertz CT molecular complexity index is 1950. The van der Waals surface area contributed by atoms with E-state index in [4.69, 9.17) is 14.7 Å². The molecule has 3 atom stereocenters. The molecule has 5 heterocycles. The van der Waals surface area contributed by atoms with Crippen LogP contribution in [-0.2, 0) is 16.0 Å². The van der Waals surface area contributed by atoms with E-state index in [1.807, 2.05) is 6.92 Å². The summed E-state index contributed by atoms with van der Waals surface area (Å²) in [7, 11) is 0. The van der Waals surface area contributed by atoms with Gasteiger partial charge in [-0.05, 0) is 87.4 Å². The lowest BCUT2D eigenvalue weighted by Crippen LogP contribution is -2.08. The molecule has 0 amide bonds. The maximum atomic E-state index is 13.5. The van der Waals surface area contributed by atoms with Crippen LogP contribution in [-0.4, -0.2) is 43.4 Å². The van der Waals surface area contributed by atoms with Crippen molar-refractivity contribution in [2.45, 2.75) is 118 Å². The Kier molecular flexibility index (Phi) is 9.25. The molecule has 0 aromatic carbocycles. The van der Waals surface area contributed by atoms with Gasteiger partial charge in [-0.2, -0.15) is 0 Å². The number of unbranched alkanes of at least 4 members (excludes halogenated alkanes) is 3. The number of carbonyl (C=O) groups excluding carboxylic acids is 1. The first-order valence-corrected chi connectivity index (χ1v) is 17.4. The van der Waals surface area contributed by atoms with E-state index in [1.165, 1.54) is 18.4 Å². The molecule has 0 saturated heterocycles. The predicted octanol–water partition coefficient (Wildman–Crippen LogP) is 9.42. The summed E-state index contributed by atoms with van der Waals surface area (Å²) >= 11 is 0. The predicted molar refractivity (Wildman–Crippen MR) is 188 cm³/mol. The second-order valence-electron chi connectivity index (χ2n) is 13.6. The van der Waals surface area contributed by atoms with Gasteiger partial charge in [0, 0.05) is 70.2 Å². The van der Waals surface area contributed by atoms with Crippen molar-refractivity contribution >= 4 is 45.0 Å². The van der Waals surface area contributed by atoms with Crippen LogP contribution in [0.3, 0.4) is 0 Å². The normalized spacial score (nSPS) is 18.0. The number of nitrogens with zero attached hydrogens (tertiary/aromatic N) is 2. The average Bonchev–Trinajstić information content (AvgIpc) is 3.78. The molecular formula is C39H48N4O4. The van der Waals surface area contributed by atoms with Crippen LogP contribution in [0.2, 0.25) is 0 Å². The van der Waals surface area contributed by atoms with E-state index < -0.39 is 5.97 Å². The molecule has 8 nitrogen and oxygen atoms in total. The summed E-state index contributed by atoms with van der Waals surface area (Å²) < 4.78 is 6.43. The Hall–Kier alpha value is -4.04. The standard InChI is InChI=1S/C39H48N4O4/c1-8-10-11-12-15-47-24(7)36-22(5)30-17-29-21(4)26(13-14-35(45)46)38(42-29)27-16-34(44)37-23(6)31(43-39(27)37)18-32-25(9-2)20(3)28(40-32)19-33(36)41-30/h17-19,21,24,26,41,43H,8-16H2,1-7H3,(H,45,46)/t21?,24?,26-/m0/s1. The van der Waals surface area contributed by atoms with Gasteiger partial charge in [0.15, 0.2) is 5.78 Å². The second kappa shape index (κ2) is 13.2. The lowest BCUT2D eigenvalue weighted by atomic mass is 9.85. The molecule has 2 unspecified atom stereocenters. The van der Waals surface area contributed by atoms with Crippen LogP contribution in [0, 0.1) is 13.8 Å². The van der Waals surface area contributed by atoms with Gasteiger partial charge >= 0.3 is 5.97 Å². The summed E-state index contributed by atoms with van der Waals surface area (Å²) in [6.45, 7) is 15.6. The highest BCUT2D eigenvalue weighted by atomic mass is 16.5. The zero-order valence-corrected chi connectivity index (χ0v) is 28.9. The van der Waals surface area contributed by atoms with E-state index >= 15 is 0 Å². The van der Waals surface area contributed by atoms with Crippen LogP contribution in [0.1, 0.15) is 153 Å². The van der Waals surface area contributed by atoms with Crippen molar-refractivity contribution in [3.63, 3.8) is 0 Å². The first-order valence-electron chi connectivity index (χ1n) is 17.4. The van der Waals surface area contributed by atoms with Gasteiger partial charge in [-0.1, -0.05) is 40.0 Å². The van der Waals surface area contributed by atoms with Crippen molar-refractivity contribution in [3.8, 4) is 0 Å². The third kappa shape index (κ3) is 5.97. The minimum Gasteiger partial charge on any atom is -0.481 e. The number of aliphatic carboxylic acids is 1. The quantitative estimate of drug-likeness (QED) is 0.180. The molecule has 248 valence electrons. The van der Waals surface area contributed by atoms with Gasteiger partial charge in [0.2, 0.25) is 0 Å². The molecule has 47 heavy (non-hydrogen) atoms. The number of carboxylic acids is 1. The fourth-order valence-corrected chi connectivity index (χ4v) is 7.84. The number of aryl methyl sites for hydroxylation is 2. The highest BCUT2D eigenvalue weighted by Crippen LogP contribution is 2.44. The molecule has 3 N–H and O–H groups in total. The minimum atomic E-state index is -0.828. The maximum absolute atomic E-state index is 13.5. The number of rotatable bonds is 11. The molecule has 6 rings (SSSR count). The van der Waals surface area contributed by atoms with Gasteiger partial charge < -0.3 is 19.8 Å². The summed E-state index contributed by atoms with van der Waals surface area (Å²) in [6.07, 6.45) is 6.07. The number of Topliss-reactive ketones (excluding diaryl/α,β-unsaturated/α-hetero) is 1. The fraction of sp³-hybridized carbons (Fsp3) is 0.487. The largest absolute Gasteiger partial charge is 0.481 e. The number of fused-ring (bicyclic) bond motifs is 8. The topological polar surface area (TPSA) is 121 Å². The molecule has 3 aromatic heterocycles. The Balaban J connectivity index is 1.65. The van der Waals surface area contributed by atoms with E-state index in [-0.39, 0.29) is 36.6 Å². The smallest absolute Gasteiger partial charge is 0.303 e. The van der Waals surface area contributed by atoms with Crippen LogP contribution >= 0.6 is 0 Å². The zero-order valence-electron chi connectivity index (χ0n) is 28.9. The number of carbonyl (C=O) groups is 2. The Labute approximate surface area is 277 Å². The number of ether oxygens (including phenoxy) is 1. The van der Waals surface area contributed by atoms with Gasteiger partial charge in [-0.25, -0.2) is 4.98 Å². The van der Waals surface area contributed by atoms with E-state index in [0.29, 0.717) is 18.6 Å². The Morgan fingerprint density at radius 1 is 1.00 bits per heavy atom. The van der Waals surface area contributed by atoms with Gasteiger partial charge in [-0.3, -0.25) is 14.6 Å². The second-order valence-corrected chi connectivity index (χ2v) is 13.6. The SMILES string of the molecule is CCCCCCOC(C)c1c(C)c2cc3nc(c4c5[nH]c(cc6nc(cc1[nH]2)C(C)=C6CC)c(C)c5C(=O)C4)[C@@H](CCC(=O)O)C3C. The molecule has 0 fully saturated rings. The Morgan fingerprint density at radius 2 is 1.74 bits per heavy atom. The van der Waals surface area contributed by atoms with Gasteiger partial charge in [0.05, 0.1) is 28.7 Å². The number of aromatic nitrogens is 4. The molecular weight excluding hydrogens is 588 g/mol.